The number of methoxy groups -OCH3 is 1. The first-order valence-corrected chi connectivity index (χ1v) is 15.5. The van der Waals surface area contributed by atoms with Crippen LogP contribution in [-0.4, -0.2) is 88.8 Å². The van der Waals surface area contributed by atoms with Crippen molar-refractivity contribution in [1.82, 2.24) is 25.5 Å². The summed E-state index contributed by atoms with van der Waals surface area (Å²) in [5.74, 6) is 1.22. The molecule has 5 heterocycles. The number of imidazole rings is 1. The van der Waals surface area contributed by atoms with Gasteiger partial charge < -0.3 is 43.9 Å². The summed E-state index contributed by atoms with van der Waals surface area (Å²) < 4.78 is 25.4. The third-order valence-electron chi connectivity index (χ3n) is 8.75. The van der Waals surface area contributed by atoms with Gasteiger partial charge in [0.05, 0.1) is 31.5 Å². The van der Waals surface area contributed by atoms with E-state index in [1.165, 1.54) is 0 Å². The third-order valence-corrected chi connectivity index (χ3v) is 8.75. The third kappa shape index (κ3) is 5.91. The maximum Gasteiger partial charge on any atom is 0.374 e. The first kappa shape index (κ1) is 31.8. The molecule has 15 nitrogen and oxygen atoms in total. The Morgan fingerprint density at radius 2 is 2.15 bits per heavy atom. The van der Waals surface area contributed by atoms with Crippen LogP contribution in [-0.2, 0) is 27.3 Å². The zero-order chi connectivity index (χ0) is 32.6. The van der Waals surface area contributed by atoms with Gasteiger partial charge in [0.1, 0.15) is 41.8 Å². The Morgan fingerprint density at radius 3 is 2.91 bits per heavy atom. The average molecular weight is 640 g/mol. The van der Waals surface area contributed by atoms with Crippen LogP contribution in [0.5, 0.6) is 17.2 Å². The van der Waals surface area contributed by atoms with Gasteiger partial charge in [-0.05, 0) is 44.8 Å². The van der Waals surface area contributed by atoms with E-state index in [1.54, 1.807) is 39.3 Å². The molecule has 2 fully saturated rings. The second-order valence-corrected chi connectivity index (χ2v) is 11.9. The summed E-state index contributed by atoms with van der Waals surface area (Å²) in [6.07, 6.45) is 7.55. The van der Waals surface area contributed by atoms with Gasteiger partial charge in [-0.15, -0.1) is 0 Å². The molecule has 2 saturated heterocycles. The minimum absolute atomic E-state index is 0.0111. The van der Waals surface area contributed by atoms with Gasteiger partial charge in [0, 0.05) is 43.6 Å². The monoisotopic (exact) mass is 639 g/mol. The number of nitrogens with two attached hydrogens (primary N) is 1. The van der Waals surface area contributed by atoms with E-state index in [9.17, 15) is 19.8 Å². The van der Waals surface area contributed by atoms with Crippen LogP contribution in [0.25, 0.3) is 5.57 Å². The van der Waals surface area contributed by atoms with Gasteiger partial charge in [0.15, 0.2) is 0 Å². The van der Waals surface area contributed by atoms with E-state index in [2.05, 4.69) is 20.9 Å². The number of esters is 1. The number of amides is 1. The van der Waals surface area contributed by atoms with Crippen LogP contribution in [0.4, 0.5) is 5.95 Å². The first-order valence-electron chi connectivity index (χ1n) is 15.5. The van der Waals surface area contributed by atoms with Gasteiger partial charge in [0.25, 0.3) is 0 Å². The van der Waals surface area contributed by atoms with Crippen molar-refractivity contribution >= 4 is 23.4 Å². The van der Waals surface area contributed by atoms with Gasteiger partial charge >= 0.3 is 5.97 Å². The lowest BCUT2D eigenvalue weighted by Crippen LogP contribution is -2.70. The fourth-order valence-corrected chi connectivity index (χ4v) is 6.41. The SMILES string of the molecule is CCOC(=O)C1=CC(=CCn2ccnc2N2CNC3C(=O)NC(N)NC32)c2c(cc3c(c2OC)CC(C(C)(O)CCCCO)O3)O1. The molecule has 46 heavy (non-hydrogen) atoms. The standard InChI is InChI=1S/C31H41N7O8/c1-4-44-28(41)21-13-17(7-10-37-11-9-33-30(37)38-16-34-24-26(38)35-29(32)36-27(24)40)23-20(45-21)15-19-18(25(23)43-3)14-22(46-19)31(2,42)8-5-6-12-39/h7,9,11,13,15,22,24,26,29,34-35,39,42H,4-6,8,10,12,14,16,32H2,1-3H3,(H,36,40). The number of unbranched alkanes of at least 4 members (excludes halogenated alkanes) is 1. The highest BCUT2D eigenvalue weighted by Crippen LogP contribution is 2.50. The van der Waals surface area contributed by atoms with Crippen LogP contribution in [0, 0.1) is 0 Å². The lowest BCUT2D eigenvalue weighted by atomic mass is 9.88. The van der Waals surface area contributed by atoms with E-state index in [0.29, 0.717) is 73.2 Å². The summed E-state index contributed by atoms with van der Waals surface area (Å²) in [5, 5.41) is 29.5. The number of carbonyl (C=O) groups is 2. The second-order valence-electron chi connectivity index (χ2n) is 11.9. The molecule has 1 aromatic carbocycles. The Hall–Kier alpha value is -4.15. The zero-order valence-corrected chi connectivity index (χ0v) is 26.1. The normalized spacial score (nSPS) is 25.4. The predicted octanol–water partition coefficient (Wildman–Crippen LogP) is 0.0553. The minimum Gasteiger partial charge on any atom is -0.496 e. The van der Waals surface area contributed by atoms with Crippen molar-refractivity contribution in [3.8, 4) is 17.2 Å². The van der Waals surface area contributed by atoms with Crippen LogP contribution >= 0.6 is 0 Å². The number of aliphatic hydroxyl groups is 2. The van der Waals surface area contributed by atoms with Gasteiger partial charge in [-0.1, -0.05) is 6.08 Å². The van der Waals surface area contributed by atoms with Crippen molar-refractivity contribution < 1.29 is 38.7 Å². The summed E-state index contributed by atoms with van der Waals surface area (Å²) in [6, 6.07) is 1.23. The van der Waals surface area contributed by atoms with Crippen molar-refractivity contribution in [2.24, 2.45) is 5.73 Å². The number of ether oxygens (including phenoxy) is 4. The molecule has 0 spiro atoms. The van der Waals surface area contributed by atoms with E-state index >= 15 is 0 Å². The number of nitrogens with one attached hydrogen (secondary N) is 3. The topological polar surface area (TPSA) is 195 Å². The highest BCUT2D eigenvalue weighted by molar-refractivity contribution is 5.96. The molecule has 2 aromatic rings. The summed E-state index contributed by atoms with van der Waals surface area (Å²) >= 11 is 0. The molecule has 0 saturated carbocycles. The number of aliphatic hydroxyl groups excluding tert-OH is 1. The van der Waals surface area contributed by atoms with Crippen LogP contribution in [0.3, 0.4) is 0 Å². The average Bonchev–Trinajstić information content (AvgIpc) is 3.77. The molecule has 0 radical (unpaired) electrons. The maximum absolute atomic E-state index is 12.9. The minimum atomic E-state index is -1.15. The molecule has 0 aliphatic carbocycles. The molecular formula is C31H41N7O8. The van der Waals surface area contributed by atoms with Crippen LogP contribution in [0.15, 0.2) is 36.4 Å². The Labute approximate surface area is 266 Å². The number of nitrogens with zero attached hydrogens (tertiary/aromatic N) is 3. The summed E-state index contributed by atoms with van der Waals surface area (Å²) in [5.41, 5.74) is 6.93. The number of anilines is 1. The molecule has 5 atom stereocenters. The van der Waals surface area contributed by atoms with E-state index in [0.717, 1.165) is 5.56 Å². The van der Waals surface area contributed by atoms with Crippen LogP contribution < -0.4 is 40.8 Å². The number of carbonyl (C=O) groups excluding carboxylic acids is 2. The molecule has 1 amide bonds. The van der Waals surface area contributed by atoms with Crippen LogP contribution in [0.2, 0.25) is 0 Å². The quantitative estimate of drug-likeness (QED) is 0.143. The number of rotatable bonds is 11. The molecule has 0 bridgehead atoms. The van der Waals surface area contributed by atoms with Gasteiger partial charge in [0.2, 0.25) is 17.6 Å². The van der Waals surface area contributed by atoms with Crippen molar-refractivity contribution in [2.45, 2.75) is 76.3 Å². The number of hydrogen-bond donors (Lipinski definition) is 6. The van der Waals surface area contributed by atoms with Crippen molar-refractivity contribution in [2.75, 3.05) is 31.9 Å². The van der Waals surface area contributed by atoms with Crippen molar-refractivity contribution in [1.29, 1.82) is 0 Å². The molecule has 7 N–H and O–H groups in total. The highest BCUT2D eigenvalue weighted by Gasteiger charge is 2.45. The molecule has 1 aromatic heterocycles. The van der Waals surface area contributed by atoms with Gasteiger partial charge in [-0.3, -0.25) is 21.2 Å². The fourth-order valence-electron chi connectivity index (χ4n) is 6.41. The Bertz CT molecular complexity index is 1550. The lowest BCUT2D eigenvalue weighted by molar-refractivity contribution is -0.141. The number of hydrogen-bond acceptors (Lipinski definition) is 13. The second kappa shape index (κ2) is 12.9. The number of allylic oxidation sites excluding steroid dienone is 3. The molecule has 4 aliphatic heterocycles. The molecule has 5 unspecified atom stereocenters. The maximum atomic E-state index is 12.9. The van der Waals surface area contributed by atoms with Crippen molar-refractivity contribution in [3.05, 3.63) is 47.5 Å². The molecular weight excluding hydrogens is 598 g/mol. The Kier molecular flexibility index (Phi) is 8.94. The summed E-state index contributed by atoms with van der Waals surface area (Å²) in [4.78, 5) is 31.9. The number of fused-ring (bicyclic) bond motifs is 3. The van der Waals surface area contributed by atoms with E-state index in [-0.39, 0.29) is 24.9 Å². The highest BCUT2D eigenvalue weighted by atomic mass is 16.6. The smallest absolute Gasteiger partial charge is 0.374 e. The van der Waals surface area contributed by atoms with E-state index in [4.69, 9.17) is 24.7 Å². The predicted molar refractivity (Wildman–Crippen MR) is 166 cm³/mol. The molecule has 248 valence electrons. The zero-order valence-electron chi connectivity index (χ0n) is 26.1. The summed E-state index contributed by atoms with van der Waals surface area (Å²) in [6.45, 7) is 4.42. The molecule has 15 heteroatoms. The Balaban J connectivity index is 1.33. The first-order chi connectivity index (χ1) is 22.1. The summed E-state index contributed by atoms with van der Waals surface area (Å²) in [7, 11) is 1.56. The fraction of sp³-hybridized carbons (Fsp3) is 0.516. The van der Waals surface area contributed by atoms with E-state index in [1.807, 2.05) is 21.7 Å². The number of aromatic nitrogens is 2. The largest absolute Gasteiger partial charge is 0.496 e. The van der Waals surface area contributed by atoms with Gasteiger partial charge in [-0.25, -0.2) is 9.78 Å². The van der Waals surface area contributed by atoms with E-state index < -0.39 is 36.2 Å². The van der Waals surface area contributed by atoms with Gasteiger partial charge in [-0.2, -0.15) is 0 Å². The Morgan fingerprint density at radius 1 is 1.33 bits per heavy atom. The molecule has 4 aliphatic rings. The van der Waals surface area contributed by atoms with Crippen molar-refractivity contribution in [3.63, 3.8) is 0 Å². The van der Waals surface area contributed by atoms with Crippen LogP contribution in [0.1, 0.15) is 44.2 Å². The molecule has 6 rings (SSSR count). The number of benzene rings is 1. The lowest BCUT2D eigenvalue weighted by Gasteiger charge is -2.35.